The Morgan fingerprint density at radius 3 is 2.12 bits per heavy atom. The molecule has 1 amide bonds. The van der Waals surface area contributed by atoms with Gasteiger partial charge in [-0.3, -0.25) is 4.79 Å². The number of hydrogen-bond acceptors (Lipinski definition) is 4. The van der Waals surface area contributed by atoms with Gasteiger partial charge in [-0.15, -0.1) is 0 Å². The molecule has 2 atom stereocenters. The van der Waals surface area contributed by atoms with E-state index in [0.29, 0.717) is 0 Å². The lowest BCUT2D eigenvalue weighted by Crippen LogP contribution is -2.45. The van der Waals surface area contributed by atoms with Crippen molar-refractivity contribution in [1.82, 2.24) is 5.32 Å². The molecule has 1 aliphatic carbocycles. The third-order valence-electron chi connectivity index (χ3n) is 4.84. The summed E-state index contributed by atoms with van der Waals surface area (Å²) in [5.74, 6) is -2.08. The number of rotatable bonds is 6. The van der Waals surface area contributed by atoms with Gasteiger partial charge in [0.2, 0.25) is 0 Å². The zero-order valence-electron chi connectivity index (χ0n) is 14.4. The second kappa shape index (κ2) is 7.58. The molecule has 3 rings (SSSR count). The Hall–Kier alpha value is -2.86. The summed E-state index contributed by atoms with van der Waals surface area (Å²) < 4.78 is 5.35. The Balaban J connectivity index is 1.70. The molecule has 0 fully saturated rings. The van der Waals surface area contributed by atoms with Crippen molar-refractivity contribution in [3.63, 3.8) is 0 Å². The number of amides is 1. The molecular formula is C20H21NO5. The smallest absolute Gasteiger partial charge is 0.407 e. The molecule has 0 heterocycles. The molecule has 0 bridgehead atoms. The first-order valence-corrected chi connectivity index (χ1v) is 8.48. The zero-order valence-corrected chi connectivity index (χ0v) is 14.4. The molecule has 2 aromatic carbocycles. The Labute approximate surface area is 151 Å². The lowest BCUT2D eigenvalue weighted by atomic mass is 9.98. The summed E-state index contributed by atoms with van der Waals surface area (Å²) in [6, 6.07) is 15.1. The summed E-state index contributed by atoms with van der Waals surface area (Å²) in [5.41, 5.74) is 4.45. The lowest BCUT2D eigenvalue weighted by molar-refractivity contribution is -0.142. The molecule has 6 nitrogen and oxygen atoms in total. The van der Waals surface area contributed by atoms with Crippen LogP contribution in [0.15, 0.2) is 48.5 Å². The monoisotopic (exact) mass is 355 g/mol. The SMILES string of the molecule is C[C@@H](C(=O)O)C(CO)NC(=O)OCC1c2ccccc2-c2ccccc21. The Morgan fingerprint density at radius 2 is 1.62 bits per heavy atom. The number of fused-ring (bicyclic) bond motifs is 3. The van der Waals surface area contributed by atoms with Crippen LogP contribution in [0.2, 0.25) is 0 Å². The van der Waals surface area contributed by atoms with E-state index in [9.17, 15) is 14.7 Å². The largest absolute Gasteiger partial charge is 0.481 e. The van der Waals surface area contributed by atoms with Gasteiger partial charge in [0, 0.05) is 5.92 Å². The van der Waals surface area contributed by atoms with Gasteiger partial charge in [0.25, 0.3) is 0 Å². The standard InChI is InChI=1S/C20H21NO5/c1-12(19(23)24)18(10-22)21-20(25)26-11-17-15-8-4-2-6-13(15)14-7-3-5-9-16(14)17/h2-9,12,17-18,22H,10-11H2,1H3,(H,21,25)(H,23,24)/t12-,18?/m1/s1. The number of carboxylic acid groups (broad SMARTS) is 1. The van der Waals surface area contributed by atoms with Crippen LogP contribution in [-0.4, -0.2) is 41.5 Å². The van der Waals surface area contributed by atoms with Crippen LogP contribution in [0.4, 0.5) is 4.79 Å². The van der Waals surface area contributed by atoms with Crippen LogP contribution in [0.1, 0.15) is 24.0 Å². The first kappa shape index (κ1) is 17.9. The van der Waals surface area contributed by atoms with Gasteiger partial charge in [-0.05, 0) is 29.2 Å². The molecular weight excluding hydrogens is 334 g/mol. The summed E-state index contributed by atoms with van der Waals surface area (Å²) in [5, 5.41) is 20.7. The Kier molecular flexibility index (Phi) is 5.23. The minimum absolute atomic E-state index is 0.0716. The highest BCUT2D eigenvalue weighted by atomic mass is 16.5. The van der Waals surface area contributed by atoms with Gasteiger partial charge in [-0.1, -0.05) is 48.5 Å². The van der Waals surface area contributed by atoms with E-state index in [1.807, 2.05) is 48.5 Å². The predicted molar refractivity (Wildman–Crippen MR) is 95.9 cm³/mol. The van der Waals surface area contributed by atoms with E-state index in [1.165, 1.54) is 6.92 Å². The van der Waals surface area contributed by atoms with Crippen molar-refractivity contribution in [3.05, 3.63) is 59.7 Å². The van der Waals surface area contributed by atoms with Gasteiger partial charge in [0.1, 0.15) is 6.61 Å². The molecule has 0 radical (unpaired) electrons. The molecule has 1 aliphatic rings. The fourth-order valence-electron chi connectivity index (χ4n) is 3.29. The molecule has 0 aliphatic heterocycles. The van der Waals surface area contributed by atoms with Crippen molar-refractivity contribution in [2.75, 3.05) is 13.2 Å². The highest BCUT2D eigenvalue weighted by molar-refractivity contribution is 5.79. The van der Waals surface area contributed by atoms with Crippen LogP contribution in [0.3, 0.4) is 0 Å². The van der Waals surface area contributed by atoms with Gasteiger partial charge >= 0.3 is 12.1 Å². The maximum atomic E-state index is 12.1. The van der Waals surface area contributed by atoms with Gasteiger partial charge in [-0.25, -0.2) is 4.79 Å². The molecule has 0 saturated heterocycles. The second-order valence-electron chi connectivity index (χ2n) is 6.39. The molecule has 1 unspecified atom stereocenters. The first-order valence-electron chi connectivity index (χ1n) is 8.48. The van der Waals surface area contributed by atoms with Crippen LogP contribution in [-0.2, 0) is 9.53 Å². The summed E-state index contributed by atoms with van der Waals surface area (Å²) >= 11 is 0. The lowest BCUT2D eigenvalue weighted by Gasteiger charge is -2.21. The fraction of sp³-hybridized carbons (Fsp3) is 0.300. The van der Waals surface area contributed by atoms with Crippen molar-refractivity contribution >= 4 is 12.1 Å². The summed E-state index contributed by atoms with van der Waals surface area (Å²) in [4.78, 5) is 23.1. The van der Waals surface area contributed by atoms with Gasteiger partial charge in [-0.2, -0.15) is 0 Å². The summed E-state index contributed by atoms with van der Waals surface area (Å²) in [6.45, 7) is 1.09. The molecule has 2 aromatic rings. The highest BCUT2D eigenvalue weighted by Crippen LogP contribution is 2.44. The number of aliphatic hydroxyl groups is 1. The van der Waals surface area contributed by atoms with Crippen LogP contribution in [0, 0.1) is 5.92 Å². The normalized spacial score (nSPS) is 14.8. The number of ether oxygens (including phenoxy) is 1. The summed E-state index contributed by atoms with van der Waals surface area (Å²) in [6.07, 6.45) is -0.737. The van der Waals surface area contributed by atoms with E-state index in [-0.39, 0.29) is 12.5 Å². The van der Waals surface area contributed by atoms with E-state index >= 15 is 0 Å². The number of benzene rings is 2. The van der Waals surface area contributed by atoms with E-state index in [0.717, 1.165) is 22.3 Å². The quantitative estimate of drug-likeness (QED) is 0.740. The maximum absolute atomic E-state index is 12.1. The van der Waals surface area contributed by atoms with Crippen LogP contribution < -0.4 is 5.32 Å². The average Bonchev–Trinajstić information content (AvgIpc) is 2.98. The van der Waals surface area contributed by atoms with Crippen molar-refractivity contribution < 1.29 is 24.5 Å². The average molecular weight is 355 g/mol. The molecule has 136 valence electrons. The van der Waals surface area contributed by atoms with Gasteiger partial charge < -0.3 is 20.3 Å². The maximum Gasteiger partial charge on any atom is 0.407 e. The minimum Gasteiger partial charge on any atom is -0.481 e. The number of carboxylic acids is 1. The van der Waals surface area contributed by atoms with Crippen molar-refractivity contribution in [1.29, 1.82) is 0 Å². The number of carbonyl (C=O) groups is 2. The molecule has 3 N–H and O–H groups in total. The van der Waals surface area contributed by atoms with E-state index < -0.39 is 30.6 Å². The van der Waals surface area contributed by atoms with Crippen molar-refractivity contribution in [2.24, 2.45) is 5.92 Å². The van der Waals surface area contributed by atoms with Crippen LogP contribution in [0.25, 0.3) is 11.1 Å². The third-order valence-corrected chi connectivity index (χ3v) is 4.84. The zero-order chi connectivity index (χ0) is 18.7. The van der Waals surface area contributed by atoms with Crippen LogP contribution >= 0.6 is 0 Å². The van der Waals surface area contributed by atoms with E-state index in [4.69, 9.17) is 9.84 Å². The first-order chi connectivity index (χ1) is 12.5. The number of carbonyl (C=O) groups excluding carboxylic acids is 1. The molecule has 0 aromatic heterocycles. The second-order valence-corrected chi connectivity index (χ2v) is 6.39. The number of alkyl carbamates (subject to hydrolysis) is 1. The minimum atomic E-state index is -1.09. The number of nitrogens with one attached hydrogen (secondary N) is 1. The summed E-state index contributed by atoms with van der Waals surface area (Å²) in [7, 11) is 0. The molecule has 6 heteroatoms. The predicted octanol–water partition coefficient (Wildman–Crippen LogP) is 2.61. The van der Waals surface area contributed by atoms with Gasteiger partial charge in [0.05, 0.1) is 18.6 Å². The number of aliphatic hydroxyl groups excluding tert-OH is 1. The fourth-order valence-corrected chi connectivity index (χ4v) is 3.29. The van der Waals surface area contributed by atoms with Crippen LogP contribution in [0.5, 0.6) is 0 Å². The van der Waals surface area contributed by atoms with Gasteiger partial charge in [0.15, 0.2) is 0 Å². The number of aliphatic carboxylic acids is 1. The highest BCUT2D eigenvalue weighted by Gasteiger charge is 2.30. The molecule has 0 saturated carbocycles. The molecule has 26 heavy (non-hydrogen) atoms. The Bertz CT molecular complexity index is 774. The van der Waals surface area contributed by atoms with E-state index in [1.54, 1.807) is 0 Å². The molecule has 0 spiro atoms. The van der Waals surface area contributed by atoms with E-state index in [2.05, 4.69) is 5.32 Å². The Morgan fingerprint density at radius 1 is 1.08 bits per heavy atom. The van der Waals surface area contributed by atoms with Crippen molar-refractivity contribution in [2.45, 2.75) is 18.9 Å². The third kappa shape index (κ3) is 3.41. The van der Waals surface area contributed by atoms with Crippen molar-refractivity contribution in [3.8, 4) is 11.1 Å². The number of hydrogen-bond donors (Lipinski definition) is 3. The topological polar surface area (TPSA) is 95.9 Å².